The smallest absolute Gasteiger partial charge is 0.348 e. The minimum atomic E-state index is -1.18. The fourth-order valence-corrected chi connectivity index (χ4v) is 5.62. The van der Waals surface area contributed by atoms with Gasteiger partial charge in [0.1, 0.15) is 11.3 Å². The Bertz CT molecular complexity index is 1320. The zero-order chi connectivity index (χ0) is 27.0. The first-order chi connectivity index (χ1) is 18.9. The Hall–Kier alpha value is -4.12. The highest BCUT2D eigenvalue weighted by atomic mass is 16.7. The molecule has 6 rings (SSSR count). The molecule has 0 aromatic heterocycles. The van der Waals surface area contributed by atoms with Crippen molar-refractivity contribution in [2.45, 2.75) is 44.4 Å². The van der Waals surface area contributed by atoms with Gasteiger partial charge in [-0.2, -0.15) is 0 Å². The van der Waals surface area contributed by atoms with Crippen LogP contribution in [0, 0.1) is 10.1 Å². The quantitative estimate of drug-likeness (QED) is 0.184. The van der Waals surface area contributed by atoms with Crippen molar-refractivity contribution >= 4 is 29.4 Å². The average molecular weight is 536 g/mol. The number of ether oxygens (including phenoxy) is 4. The van der Waals surface area contributed by atoms with E-state index in [0.29, 0.717) is 37.2 Å². The topological polar surface area (TPSA) is 121 Å². The number of carbonyl (C=O) groups excluding carboxylic acids is 2. The van der Waals surface area contributed by atoms with Crippen LogP contribution in [0.15, 0.2) is 42.0 Å². The van der Waals surface area contributed by atoms with E-state index in [9.17, 15) is 19.7 Å². The molecular weight excluding hydrogens is 506 g/mol. The molecule has 0 amide bonds. The van der Waals surface area contributed by atoms with Gasteiger partial charge in [-0.1, -0.05) is 18.6 Å². The van der Waals surface area contributed by atoms with Gasteiger partial charge in [0.25, 0.3) is 11.5 Å². The number of anilines is 1. The van der Waals surface area contributed by atoms with Crippen LogP contribution in [0.25, 0.3) is 6.08 Å². The second-order valence-electron chi connectivity index (χ2n) is 10.3. The van der Waals surface area contributed by atoms with Crippen LogP contribution in [0.5, 0.6) is 11.5 Å². The van der Waals surface area contributed by atoms with Gasteiger partial charge in [0.05, 0.1) is 4.92 Å². The number of hydrogen-bond acceptors (Lipinski definition) is 10. The Morgan fingerprint density at radius 1 is 0.897 bits per heavy atom. The maximum Gasteiger partial charge on any atom is 0.348 e. The number of carbonyl (C=O) groups is 2. The van der Waals surface area contributed by atoms with Gasteiger partial charge < -0.3 is 23.8 Å². The predicted molar refractivity (Wildman–Crippen MR) is 139 cm³/mol. The third-order valence-corrected chi connectivity index (χ3v) is 7.68. The van der Waals surface area contributed by atoms with Gasteiger partial charge in [-0.05, 0) is 48.2 Å². The summed E-state index contributed by atoms with van der Waals surface area (Å²) >= 11 is 0. The van der Waals surface area contributed by atoms with Crippen molar-refractivity contribution in [3.05, 3.63) is 63.2 Å². The molecule has 11 heteroatoms. The lowest BCUT2D eigenvalue weighted by molar-refractivity contribution is -0.384. The number of esters is 2. The monoisotopic (exact) mass is 535 g/mol. The van der Waals surface area contributed by atoms with Crippen molar-refractivity contribution in [2.75, 3.05) is 37.9 Å². The van der Waals surface area contributed by atoms with Crippen LogP contribution >= 0.6 is 0 Å². The van der Waals surface area contributed by atoms with E-state index in [4.69, 9.17) is 18.9 Å². The molecule has 3 aliphatic heterocycles. The first kappa shape index (κ1) is 25.2. The lowest BCUT2D eigenvalue weighted by Crippen LogP contribution is -2.47. The average Bonchev–Trinajstić information content (AvgIpc) is 3.40. The standard InChI is InChI=1S/C28H29N3O8/c32-26-21(27(33)39-28(38-26)8-2-1-3-9-28)14-19-4-6-22(23(15-19)31(34)35)30-12-10-29(11-13-30)17-20-5-7-24-25(16-20)37-18-36-24/h4-7,14-16H,1-3,8-13,17-18H2. The van der Waals surface area contributed by atoms with Crippen LogP contribution < -0.4 is 14.4 Å². The van der Waals surface area contributed by atoms with E-state index in [2.05, 4.69) is 4.90 Å². The molecule has 0 bridgehead atoms. The Kier molecular flexibility index (Phi) is 6.59. The minimum Gasteiger partial charge on any atom is -0.454 e. The Balaban J connectivity index is 1.14. The Labute approximate surface area is 225 Å². The maximum absolute atomic E-state index is 12.7. The van der Waals surface area contributed by atoms with Gasteiger partial charge in [0.2, 0.25) is 6.79 Å². The van der Waals surface area contributed by atoms with Gasteiger partial charge in [0, 0.05) is 51.6 Å². The molecule has 1 saturated carbocycles. The fourth-order valence-electron chi connectivity index (χ4n) is 5.62. The summed E-state index contributed by atoms with van der Waals surface area (Å²) < 4.78 is 21.9. The molecule has 4 aliphatic rings. The molecule has 0 atom stereocenters. The van der Waals surface area contributed by atoms with E-state index in [0.717, 1.165) is 56.0 Å². The van der Waals surface area contributed by atoms with Crippen LogP contribution in [0.3, 0.4) is 0 Å². The van der Waals surface area contributed by atoms with Crippen molar-refractivity contribution in [1.82, 2.24) is 4.90 Å². The minimum absolute atomic E-state index is 0.0881. The number of piperazine rings is 1. The number of hydrogen-bond donors (Lipinski definition) is 0. The first-order valence-electron chi connectivity index (χ1n) is 13.2. The van der Waals surface area contributed by atoms with E-state index in [1.807, 2.05) is 23.1 Å². The highest BCUT2D eigenvalue weighted by Gasteiger charge is 2.46. The molecule has 2 aromatic rings. The summed E-state index contributed by atoms with van der Waals surface area (Å²) in [6.45, 7) is 3.68. The zero-order valence-corrected chi connectivity index (χ0v) is 21.4. The number of nitro groups is 1. The lowest BCUT2D eigenvalue weighted by atomic mass is 9.93. The van der Waals surface area contributed by atoms with Gasteiger partial charge >= 0.3 is 11.9 Å². The second-order valence-corrected chi connectivity index (χ2v) is 10.3. The molecule has 0 unspecified atom stereocenters. The summed E-state index contributed by atoms with van der Waals surface area (Å²) in [5.74, 6) is -1.18. The van der Waals surface area contributed by atoms with Gasteiger partial charge in [-0.15, -0.1) is 0 Å². The van der Waals surface area contributed by atoms with Gasteiger partial charge in [-0.25, -0.2) is 9.59 Å². The SMILES string of the molecule is O=C1OC2(CCCCC2)OC(=O)C1=Cc1ccc(N2CCN(Cc3ccc4c(c3)OCO4)CC2)c([N+](=O)[O-])c1. The van der Waals surface area contributed by atoms with E-state index < -0.39 is 22.6 Å². The summed E-state index contributed by atoms with van der Waals surface area (Å²) in [5.41, 5.74) is 1.63. The van der Waals surface area contributed by atoms with Crippen molar-refractivity contribution < 1.29 is 33.5 Å². The van der Waals surface area contributed by atoms with E-state index >= 15 is 0 Å². The summed E-state index contributed by atoms with van der Waals surface area (Å²) in [7, 11) is 0. The largest absolute Gasteiger partial charge is 0.454 e. The highest BCUT2D eigenvalue weighted by molar-refractivity contribution is 6.19. The van der Waals surface area contributed by atoms with E-state index in [-0.39, 0.29) is 18.1 Å². The van der Waals surface area contributed by atoms with Crippen LogP contribution in [0.1, 0.15) is 43.2 Å². The third kappa shape index (κ3) is 5.14. The molecule has 2 aromatic carbocycles. The number of nitrogens with zero attached hydrogens (tertiary/aromatic N) is 3. The summed E-state index contributed by atoms with van der Waals surface area (Å²) in [5, 5.41) is 12.0. The molecule has 3 heterocycles. The number of benzene rings is 2. The molecule has 1 aliphatic carbocycles. The normalized spacial score (nSPS) is 20.5. The summed E-state index contributed by atoms with van der Waals surface area (Å²) in [6.07, 6.45) is 4.93. The fraction of sp³-hybridized carbons (Fsp3) is 0.429. The maximum atomic E-state index is 12.7. The molecule has 1 spiro atoms. The molecule has 2 saturated heterocycles. The summed E-state index contributed by atoms with van der Waals surface area (Å²) in [6, 6.07) is 10.6. The Morgan fingerprint density at radius 2 is 1.62 bits per heavy atom. The zero-order valence-electron chi connectivity index (χ0n) is 21.4. The molecule has 11 nitrogen and oxygen atoms in total. The van der Waals surface area contributed by atoms with Crippen molar-refractivity contribution in [3.63, 3.8) is 0 Å². The van der Waals surface area contributed by atoms with Crippen molar-refractivity contribution in [1.29, 1.82) is 0 Å². The van der Waals surface area contributed by atoms with Crippen LogP contribution in [-0.2, 0) is 25.6 Å². The van der Waals surface area contributed by atoms with E-state index in [1.54, 1.807) is 12.1 Å². The van der Waals surface area contributed by atoms with E-state index in [1.165, 1.54) is 12.1 Å². The first-order valence-corrected chi connectivity index (χ1v) is 13.2. The lowest BCUT2D eigenvalue weighted by Gasteiger charge is -2.38. The molecule has 39 heavy (non-hydrogen) atoms. The second kappa shape index (κ2) is 10.2. The molecular formula is C28H29N3O8. The van der Waals surface area contributed by atoms with Crippen LogP contribution in [0.2, 0.25) is 0 Å². The molecule has 3 fully saturated rings. The van der Waals surface area contributed by atoms with Crippen LogP contribution in [-0.4, -0.2) is 60.5 Å². The van der Waals surface area contributed by atoms with Crippen molar-refractivity contribution in [3.8, 4) is 11.5 Å². The van der Waals surface area contributed by atoms with Gasteiger partial charge in [-0.3, -0.25) is 15.0 Å². The number of rotatable bonds is 5. The molecule has 204 valence electrons. The third-order valence-electron chi connectivity index (χ3n) is 7.68. The van der Waals surface area contributed by atoms with Crippen LogP contribution in [0.4, 0.5) is 11.4 Å². The summed E-state index contributed by atoms with van der Waals surface area (Å²) in [4.78, 5) is 41.2. The Morgan fingerprint density at radius 3 is 2.33 bits per heavy atom. The van der Waals surface area contributed by atoms with Crippen molar-refractivity contribution in [2.24, 2.45) is 0 Å². The predicted octanol–water partition coefficient (Wildman–Crippen LogP) is 3.79. The number of nitro benzene ring substituents is 1. The van der Waals surface area contributed by atoms with Gasteiger partial charge in [0.15, 0.2) is 11.5 Å². The molecule has 0 radical (unpaired) electrons. The highest BCUT2D eigenvalue weighted by Crippen LogP contribution is 2.38. The number of fused-ring (bicyclic) bond motifs is 1. The molecule has 0 N–H and O–H groups in total.